The highest BCUT2D eigenvalue weighted by Gasteiger charge is 2.12. The second-order valence-corrected chi connectivity index (χ2v) is 4.64. The van der Waals surface area contributed by atoms with E-state index in [-0.39, 0.29) is 13.2 Å². The molecule has 0 amide bonds. The summed E-state index contributed by atoms with van der Waals surface area (Å²) in [6, 6.07) is 8.39. The van der Waals surface area contributed by atoms with Gasteiger partial charge in [0, 0.05) is 37.6 Å². The van der Waals surface area contributed by atoms with E-state index in [9.17, 15) is 0 Å². The van der Waals surface area contributed by atoms with Gasteiger partial charge >= 0.3 is 0 Å². The largest absolute Gasteiger partial charge is 0.395 e. The summed E-state index contributed by atoms with van der Waals surface area (Å²) in [4.78, 5) is 4.39. The predicted octanol–water partition coefficient (Wildman–Crippen LogP) is 1.08. The fourth-order valence-electron chi connectivity index (χ4n) is 2.46. The molecule has 1 aromatic rings. The average Bonchev–Trinajstić information content (AvgIpc) is 2.93. The van der Waals surface area contributed by atoms with Crippen molar-refractivity contribution >= 4 is 11.4 Å². The second-order valence-electron chi connectivity index (χ2n) is 4.64. The molecule has 1 aliphatic heterocycles. The predicted molar refractivity (Wildman–Crippen MR) is 74.3 cm³/mol. The minimum absolute atomic E-state index is 0.105. The number of hydrogen-bond donors (Lipinski definition) is 2. The monoisotopic (exact) mass is 250 g/mol. The molecule has 2 N–H and O–H groups in total. The Kier molecular flexibility index (Phi) is 4.84. The molecule has 1 saturated heterocycles. The molecule has 1 heterocycles. The van der Waals surface area contributed by atoms with Crippen molar-refractivity contribution in [2.75, 3.05) is 49.2 Å². The van der Waals surface area contributed by atoms with Crippen molar-refractivity contribution in [2.24, 2.45) is 0 Å². The molecular formula is C14H22N2O2. The van der Waals surface area contributed by atoms with Gasteiger partial charge in [-0.1, -0.05) is 0 Å². The highest BCUT2D eigenvalue weighted by molar-refractivity contribution is 5.56. The number of rotatable bonds is 6. The lowest BCUT2D eigenvalue weighted by Gasteiger charge is -2.24. The van der Waals surface area contributed by atoms with Crippen molar-refractivity contribution < 1.29 is 10.2 Å². The van der Waals surface area contributed by atoms with Gasteiger partial charge in [-0.05, 0) is 37.1 Å². The maximum absolute atomic E-state index is 9.02. The molecule has 2 rings (SSSR count). The molecule has 1 fully saturated rings. The molecule has 1 aromatic carbocycles. The number of benzene rings is 1. The molecule has 0 radical (unpaired) electrons. The Morgan fingerprint density at radius 3 is 2.00 bits per heavy atom. The van der Waals surface area contributed by atoms with Gasteiger partial charge in [-0.15, -0.1) is 0 Å². The Bertz CT molecular complexity index is 341. The lowest BCUT2D eigenvalue weighted by atomic mass is 10.2. The normalized spacial score (nSPS) is 15.1. The van der Waals surface area contributed by atoms with Crippen LogP contribution in [0.4, 0.5) is 11.4 Å². The lowest BCUT2D eigenvalue weighted by molar-refractivity contribution is 0.281. The molecule has 18 heavy (non-hydrogen) atoms. The number of aliphatic hydroxyl groups excluding tert-OH is 2. The summed E-state index contributed by atoms with van der Waals surface area (Å²) < 4.78 is 0. The van der Waals surface area contributed by atoms with Crippen LogP contribution >= 0.6 is 0 Å². The first-order valence-corrected chi connectivity index (χ1v) is 6.67. The summed E-state index contributed by atoms with van der Waals surface area (Å²) in [5.74, 6) is 0. The first kappa shape index (κ1) is 13.2. The minimum atomic E-state index is 0.105. The van der Waals surface area contributed by atoms with Gasteiger partial charge in [0.05, 0.1) is 13.2 Å². The summed E-state index contributed by atoms with van der Waals surface area (Å²) in [5, 5.41) is 18.0. The van der Waals surface area contributed by atoms with E-state index in [1.54, 1.807) is 0 Å². The van der Waals surface area contributed by atoms with Crippen LogP contribution in [0.5, 0.6) is 0 Å². The first-order valence-electron chi connectivity index (χ1n) is 6.67. The molecule has 0 aliphatic carbocycles. The Morgan fingerprint density at radius 1 is 0.944 bits per heavy atom. The highest BCUT2D eigenvalue weighted by Crippen LogP contribution is 2.23. The third kappa shape index (κ3) is 3.15. The third-order valence-corrected chi connectivity index (χ3v) is 3.43. The number of nitrogens with zero attached hydrogens (tertiary/aromatic N) is 2. The van der Waals surface area contributed by atoms with Gasteiger partial charge in [0.2, 0.25) is 0 Å². The van der Waals surface area contributed by atoms with Gasteiger partial charge in [-0.25, -0.2) is 0 Å². The van der Waals surface area contributed by atoms with Gasteiger partial charge in [-0.3, -0.25) is 0 Å². The molecule has 0 unspecified atom stereocenters. The van der Waals surface area contributed by atoms with Crippen LogP contribution in [0.15, 0.2) is 24.3 Å². The SMILES string of the molecule is OCCN(CCO)c1ccc(N2CCCC2)cc1. The zero-order valence-electron chi connectivity index (χ0n) is 10.8. The van der Waals surface area contributed by atoms with E-state index in [4.69, 9.17) is 10.2 Å². The zero-order chi connectivity index (χ0) is 12.8. The van der Waals surface area contributed by atoms with E-state index in [0.29, 0.717) is 13.1 Å². The standard InChI is InChI=1S/C14H22N2O2/c17-11-9-16(10-12-18)14-5-3-13(4-6-14)15-7-1-2-8-15/h3-6,17-18H,1-2,7-12H2. The number of aliphatic hydroxyl groups is 2. The fraction of sp³-hybridized carbons (Fsp3) is 0.571. The lowest BCUT2D eigenvalue weighted by Crippen LogP contribution is -2.29. The summed E-state index contributed by atoms with van der Waals surface area (Å²) in [5.41, 5.74) is 2.32. The number of anilines is 2. The number of hydrogen-bond acceptors (Lipinski definition) is 4. The third-order valence-electron chi connectivity index (χ3n) is 3.43. The van der Waals surface area contributed by atoms with Gasteiger partial charge < -0.3 is 20.0 Å². The zero-order valence-corrected chi connectivity index (χ0v) is 10.8. The van der Waals surface area contributed by atoms with E-state index in [1.165, 1.54) is 18.5 Å². The molecule has 0 bridgehead atoms. The van der Waals surface area contributed by atoms with Crippen molar-refractivity contribution in [3.8, 4) is 0 Å². The molecule has 4 heteroatoms. The molecule has 0 atom stereocenters. The molecular weight excluding hydrogens is 228 g/mol. The van der Waals surface area contributed by atoms with Gasteiger partial charge in [0.1, 0.15) is 0 Å². The maximum atomic E-state index is 9.02. The van der Waals surface area contributed by atoms with Crippen molar-refractivity contribution in [1.82, 2.24) is 0 Å². The van der Waals surface area contributed by atoms with Gasteiger partial charge in [-0.2, -0.15) is 0 Å². The van der Waals surface area contributed by atoms with E-state index in [1.807, 2.05) is 4.90 Å². The summed E-state index contributed by atoms with van der Waals surface area (Å²) in [6.45, 7) is 3.63. The molecule has 0 spiro atoms. The van der Waals surface area contributed by atoms with Crippen LogP contribution in [-0.4, -0.2) is 49.6 Å². The molecule has 0 aromatic heterocycles. The van der Waals surface area contributed by atoms with Crippen LogP contribution in [0.2, 0.25) is 0 Å². The van der Waals surface area contributed by atoms with Crippen molar-refractivity contribution in [3.05, 3.63) is 24.3 Å². The van der Waals surface area contributed by atoms with Crippen LogP contribution in [0.3, 0.4) is 0 Å². The average molecular weight is 250 g/mol. The van der Waals surface area contributed by atoms with Crippen LogP contribution in [-0.2, 0) is 0 Å². The van der Waals surface area contributed by atoms with E-state index in [2.05, 4.69) is 29.2 Å². The molecule has 4 nitrogen and oxygen atoms in total. The van der Waals surface area contributed by atoms with Crippen LogP contribution < -0.4 is 9.80 Å². The molecule has 100 valence electrons. The van der Waals surface area contributed by atoms with Crippen LogP contribution in [0.1, 0.15) is 12.8 Å². The van der Waals surface area contributed by atoms with Crippen molar-refractivity contribution in [1.29, 1.82) is 0 Å². The van der Waals surface area contributed by atoms with E-state index < -0.39 is 0 Å². The Morgan fingerprint density at radius 2 is 1.50 bits per heavy atom. The molecule has 1 aliphatic rings. The topological polar surface area (TPSA) is 46.9 Å². The van der Waals surface area contributed by atoms with Gasteiger partial charge in [0.25, 0.3) is 0 Å². The maximum Gasteiger partial charge on any atom is 0.0606 e. The second kappa shape index (κ2) is 6.61. The first-order chi connectivity index (χ1) is 8.85. The Balaban J connectivity index is 2.04. The molecule has 0 saturated carbocycles. The Labute approximate surface area is 108 Å². The fourth-order valence-corrected chi connectivity index (χ4v) is 2.46. The summed E-state index contributed by atoms with van der Waals surface area (Å²) >= 11 is 0. The van der Waals surface area contributed by atoms with Crippen molar-refractivity contribution in [3.63, 3.8) is 0 Å². The highest BCUT2D eigenvalue weighted by atomic mass is 16.3. The summed E-state index contributed by atoms with van der Waals surface area (Å²) in [7, 11) is 0. The van der Waals surface area contributed by atoms with E-state index in [0.717, 1.165) is 18.8 Å². The van der Waals surface area contributed by atoms with E-state index >= 15 is 0 Å². The Hall–Kier alpha value is -1.26. The van der Waals surface area contributed by atoms with Crippen molar-refractivity contribution in [2.45, 2.75) is 12.8 Å². The van der Waals surface area contributed by atoms with Gasteiger partial charge in [0.15, 0.2) is 0 Å². The quantitative estimate of drug-likeness (QED) is 0.793. The smallest absolute Gasteiger partial charge is 0.0606 e. The summed E-state index contributed by atoms with van der Waals surface area (Å²) in [6.07, 6.45) is 2.56. The minimum Gasteiger partial charge on any atom is -0.395 e. The van der Waals surface area contributed by atoms with Crippen LogP contribution in [0.25, 0.3) is 0 Å². The van der Waals surface area contributed by atoms with Crippen LogP contribution in [0, 0.1) is 0 Å².